The summed E-state index contributed by atoms with van der Waals surface area (Å²) in [6, 6.07) is 0. The molecule has 1 aliphatic heterocycles. The summed E-state index contributed by atoms with van der Waals surface area (Å²) in [5.41, 5.74) is 0. The molecule has 1 heterocycles. The first-order valence-corrected chi connectivity index (χ1v) is 5.13. The van der Waals surface area contributed by atoms with E-state index in [2.05, 4.69) is 17.6 Å². The third-order valence-electron chi connectivity index (χ3n) is 1.56. The van der Waals surface area contributed by atoms with Gasteiger partial charge in [0.15, 0.2) is 0 Å². The summed E-state index contributed by atoms with van der Waals surface area (Å²) in [5, 5.41) is 6.86. The van der Waals surface area contributed by atoms with Crippen LogP contribution < -0.4 is 10.6 Å². The van der Waals surface area contributed by atoms with Gasteiger partial charge in [0.05, 0.1) is 6.17 Å². The summed E-state index contributed by atoms with van der Waals surface area (Å²) in [5.74, 6) is 2.49. The fraction of sp³-hybridized carbons (Fsp3) is 1.00. The van der Waals surface area contributed by atoms with Gasteiger partial charge >= 0.3 is 0 Å². The molecule has 0 radical (unpaired) electrons. The van der Waals surface area contributed by atoms with Crippen LogP contribution in [0.2, 0.25) is 0 Å². The van der Waals surface area contributed by atoms with Crippen LogP contribution >= 0.6 is 11.8 Å². The molecule has 0 bridgehead atoms. The van der Waals surface area contributed by atoms with E-state index in [9.17, 15) is 0 Å². The highest BCUT2D eigenvalue weighted by Gasteiger charge is 2.09. The normalized spacial score (nSPS) is 26.7. The minimum Gasteiger partial charge on any atom is -0.301 e. The summed E-state index contributed by atoms with van der Waals surface area (Å²) < 4.78 is 0. The van der Waals surface area contributed by atoms with Gasteiger partial charge in [-0.3, -0.25) is 0 Å². The third-order valence-corrected chi connectivity index (χ3v) is 2.62. The van der Waals surface area contributed by atoms with Crippen molar-refractivity contribution >= 4 is 11.8 Å². The molecule has 3 heteroatoms. The average Bonchev–Trinajstić information content (AvgIpc) is 2.03. The largest absolute Gasteiger partial charge is 0.301 e. The zero-order valence-corrected chi connectivity index (χ0v) is 7.34. The molecule has 1 rings (SSSR count). The molecule has 1 fully saturated rings. The summed E-state index contributed by atoms with van der Waals surface area (Å²) in [4.78, 5) is 0. The van der Waals surface area contributed by atoms with Gasteiger partial charge < -0.3 is 10.6 Å². The van der Waals surface area contributed by atoms with Gasteiger partial charge in [0, 0.05) is 18.1 Å². The Hall–Kier alpha value is 0.270. The van der Waals surface area contributed by atoms with Crippen molar-refractivity contribution in [3.63, 3.8) is 0 Å². The van der Waals surface area contributed by atoms with Crippen LogP contribution in [0, 0.1) is 0 Å². The Balaban J connectivity index is 2.02. The Kier molecular flexibility index (Phi) is 4.18. The maximum Gasteiger partial charge on any atom is 0.0665 e. The summed E-state index contributed by atoms with van der Waals surface area (Å²) in [7, 11) is 0. The Labute approximate surface area is 67.1 Å². The molecule has 0 aromatic heterocycles. The molecule has 0 spiro atoms. The van der Waals surface area contributed by atoms with Gasteiger partial charge in [0.2, 0.25) is 0 Å². The molecule has 1 aliphatic rings. The van der Waals surface area contributed by atoms with Gasteiger partial charge in [-0.05, 0) is 13.0 Å². The summed E-state index contributed by atoms with van der Waals surface area (Å²) in [6.45, 7) is 4.49. The van der Waals surface area contributed by atoms with E-state index in [-0.39, 0.29) is 0 Å². The fourth-order valence-electron chi connectivity index (χ4n) is 1.02. The van der Waals surface area contributed by atoms with Crippen LogP contribution in [0.1, 0.15) is 13.3 Å². The highest BCUT2D eigenvalue weighted by Crippen LogP contribution is 2.04. The number of hydrogen-bond donors (Lipinski definition) is 2. The van der Waals surface area contributed by atoms with Gasteiger partial charge in [-0.15, -0.1) is 0 Å². The topological polar surface area (TPSA) is 24.1 Å². The lowest BCUT2D eigenvalue weighted by Crippen LogP contribution is -2.48. The second kappa shape index (κ2) is 4.99. The quantitative estimate of drug-likeness (QED) is 0.634. The first-order chi connectivity index (χ1) is 4.93. The van der Waals surface area contributed by atoms with Crippen LogP contribution in [0.15, 0.2) is 0 Å². The molecule has 1 unspecified atom stereocenters. The minimum atomic E-state index is 0.568. The van der Waals surface area contributed by atoms with Crippen molar-refractivity contribution in [3.05, 3.63) is 0 Å². The standard InChI is InChI=1S/C7H16N2S/c1-2-3-8-7-6-10-5-4-9-7/h7-9H,2-6H2,1H3. The molecule has 0 saturated carbocycles. The van der Waals surface area contributed by atoms with Gasteiger partial charge in [-0.1, -0.05) is 6.92 Å². The van der Waals surface area contributed by atoms with E-state index in [1.807, 2.05) is 11.8 Å². The summed E-state index contributed by atoms with van der Waals surface area (Å²) in [6.07, 6.45) is 1.79. The van der Waals surface area contributed by atoms with E-state index >= 15 is 0 Å². The van der Waals surface area contributed by atoms with Crippen molar-refractivity contribution in [2.24, 2.45) is 0 Å². The fourth-order valence-corrected chi connectivity index (χ4v) is 1.92. The predicted octanol–water partition coefficient (Wildman–Crippen LogP) is 0.648. The van der Waals surface area contributed by atoms with Gasteiger partial charge in [0.1, 0.15) is 0 Å². The zero-order valence-electron chi connectivity index (χ0n) is 6.52. The Morgan fingerprint density at radius 3 is 3.20 bits per heavy atom. The van der Waals surface area contributed by atoms with Gasteiger partial charge in [-0.25, -0.2) is 0 Å². The lowest BCUT2D eigenvalue weighted by Gasteiger charge is -2.23. The second-order valence-electron chi connectivity index (χ2n) is 2.54. The number of rotatable bonds is 3. The van der Waals surface area contributed by atoms with Crippen LogP contribution in [0.25, 0.3) is 0 Å². The molecule has 0 aliphatic carbocycles. The minimum absolute atomic E-state index is 0.568. The highest BCUT2D eigenvalue weighted by atomic mass is 32.2. The molecule has 0 amide bonds. The molecule has 0 aromatic carbocycles. The van der Waals surface area contributed by atoms with Crippen LogP contribution in [-0.2, 0) is 0 Å². The number of hydrogen-bond acceptors (Lipinski definition) is 3. The average molecular weight is 160 g/mol. The van der Waals surface area contributed by atoms with Crippen molar-refractivity contribution in [3.8, 4) is 0 Å². The molecular formula is C7H16N2S. The van der Waals surface area contributed by atoms with Crippen molar-refractivity contribution in [1.29, 1.82) is 0 Å². The molecule has 10 heavy (non-hydrogen) atoms. The maximum absolute atomic E-state index is 3.44. The lowest BCUT2D eigenvalue weighted by atomic mass is 10.4. The lowest BCUT2D eigenvalue weighted by molar-refractivity contribution is 0.465. The molecule has 0 aromatic rings. The SMILES string of the molecule is CCCNC1CSCCN1. The first-order valence-electron chi connectivity index (χ1n) is 3.98. The van der Waals surface area contributed by atoms with Crippen molar-refractivity contribution < 1.29 is 0 Å². The van der Waals surface area contributed by atoms with E-state index in [1.54, 1.807) is 0 Å². The van der Waals surface area contributed by atoms with E-state index in [0.29, 0.717) is 6.17 Å². The summed E-state index contributed by atoms with van der Waals surface area (Å²) >= 11 is 2.03. The van der Waals surface area contributed by atoms with Crippen molar-refractivity contribution in [1.82, 2.24) is 10.6 Å². The van der Waals surface area contributed by atoms with E-state index in [1.165, 1.54) is 17.9 Å². The van der Waals surface area contributed by atoms with Crippen molar-refractivity contribution in [2.45, 2.75) is 19.5 Å². The third kappa shape index (κ3) is 2.90. The number of thioether (sulfide) groups is 1. The first kappa shape index (κ1) is 8.37. The smallest absolute Gasteiger partial charge is 0.0665 e. The molecule has 2 nitrogen and oxygen atoms in total. The van der Waals surface area contributed by atoms with E-state index in [0.717, 1.165) is 13.1 Å². The molecular weight excluding hydrogens is 144 g/mol. The van der Waals surface area contributed by atoms with Crippen LogP contribution in [-0.4, -0.2) is 30.8 Å². The zero-order chi connectivity index (χ0) is 7.23. The molecule has 2 N–H and O–H groups in total. The maximum atomic E-state index is 3.44. The van der Waals surface area contributed by atoms with Gasteiger partial charge in [-0.2, -0.15) is 11.8 Å². The Morgan fingerprint density at radius 1 is 1.70 bits per heavy atom. The second-order valence-corrected chi connectivity index (χ2v) is 3.69. The van der Waals surface area contributed by atoms with Crippen LogP contribution in [0.4, 0.5) is 0 Å². The van der Waals surface area contributed by atoms with E-state index in [4.69, 9.17) is 0 Å². The number of nitrogens with one attached hydrogen (secondary N) is 2. The predicted molar refractivity (Wildman–Crippen MR) is 47.4 cm³/mol. The Morgan fingerprint density at radius 2 is 2.60 bits per heavy atom. The van der Waals surface area contributed by atoms with Crippen LogP contribution in [0.5, 0.6) is 0 Å². The highest BCUT2D eigenvalue weighted by molar-refractivity contribution is 7.99. The monoisotopic (exact) mass is 160 g/mol. The molecule has 60 valence electrons. The van der Waals surface area contributed by atoms with Crippen molar-refractivity contribution in [2.75, 3.05) is 24.6 Å². The van der Waals surface area contributed by atoms with Crippen LogP contribution in [0.3, 0.4) is 0 Å². The molecule has 1 atom stereocenters. The van der Waals surface area contributed by atoms with Gasteiger partial charge in [0.25, 0.3) is 0 Å². The Bertz CT molecular complexity index is 81.7. The molecule has 1 saturated heterocycles. The van der Waals surface area contributed by atoms with E-state index < -0.39 is 0 Å².